The lowest BCUT2D eigenvalue weighted by atomic mass is 10.1. The Labute approximate surface area is 218 Å². The molecule has 0 spiro atoms. The first-order chi connectivity index (χ1) is 17.9. The highest BCUT2D eigenvalue weighted by Gasteiger charge is 2.44. The van der Waals surface area contributed by atoms with Crippen molar-refractivity contribution in [1.82, 2.24) is 4.90 Å². The Bertz CT molecular complexity index is 1210. The average Bonchev–Trinajstić information content (AvgIpc) is 3.16. The fraction of sp³-hybridized carbons (Fsp3) is 0.417. The van der Waals surface area contributed by atoms with Crippen LogP contribution in [-0.2, 0) is 17.1 Å². The number of amides is 3. The first kappa shape index (κ1) is 30.0. The van der Waals surface area contributed by atoms with Crippen LogP contribution in [0, 0.1) is 5.82 Å². The molecule has 1 aliphatic heterocycles. The summed E-state index contributed by atoms with van der Waals surface area (Å²) < 4.78 is 106. The predicted molar refractivity (Wildman–Crippen MR) is 124 cm³/mol. The van der Waals surface area contributed by atoms with Gasteiger partial charge in [-0.15, -0.1) is 0 Å². The van der Waals surface area contributed by atoms with Crippen LogP contribution in [-0.4, -0.2) is 61.2 Å². The molecule has 0 unspecified atom stereocenters. The highest BCUT2D eigenvalue weighted by atomic mass is 19.4. The number of rotatable bonds is 7. The molecule has 0 radical (unpaired) electrons. The maximum absolute atomic E-state index is 14.0. The average molecular weight is 567 g/mol. The van der Waals surface area contributed by atoms with Crippen LogP contribution < -0.4 is 14.5 Å². The predicted octanol–water partition coefficient (Wildman–Crippen LogP) is 5.49. The number of nitrogens with zero attached hydrogens (tertiary/aromatic N) is 3. The normalized spacial score (nSPS) is 14.7. The molecule has 2 aromatic rings. The minimum Gasteiger partial charge on any atom is -0.407 e. The zero-order valence-corrected chi connectivity index (χ0v) is 20.9. The number of carbonyl (C=O) groups excluding carboxylic acids is 2. The van der Waals surface area contributed by atoms with Gasteiger partial charge in [0.2, 0.25) is 0 Å². The SMILES string of the molecule is CN(C(=O)Oc1c(N2CCN(CCOC(C)(C)O)C2=O)cc(C(F)(F)F)cc1C(F)(F)F)c1ccc(F)cc1. The smallest absolute Gasteiger partial charge is 0.407 e. The summed E-state index contributed by atoms with van der Waals surface area (Å²) in [4.78, 5) is 28.2. The summed E-state index contributed by atoms with van der Waals surface area (Å²) in [5.41, 5.74) is -4.55. The molecule has 0 aromatic heterocycles. The lowest BCUT2D eigenvalue weighted by molar-refractivity contribution is -0.176. The van der Waals surface area contributed by atoms with Gasteiger partial charge in [0.05, 0.1) is 17.9 Å². The van der Waals surface area contributed by atoms with Gasteiger partial charge in [0, 0.05) is 32.4 Å². The van der Waals surface area contributed by atoms with E-state index < -0.39 is 58.6 Å². The molecule has 1 N–H and O–H groups in total. The second kappa shape index (κ2) is 10.9. The van der Waals surface area contributed by atoms with Gasteiger partial charge in [-0.25, -0.2) is 14.0 Å². The first-order valence-corrected chi connectivity index (χ1v) is 11.3. The molecule has 3 amide bonds. The maximum Gasteiger partial charge on any atom is 0.420 e. The summed E-state index contributed by atoms with van der Waals surface area (Å²) >= 11 is 0. The van der Waals surface area contributed by atoms with E-state index in [9.17, 15) is 45.4 Å². The van der Waals surface area contributed by atoms with E-state index >= 15 is 0 Å². The molecule has 1 heterocycles. The first-order valence-electron chi connectivity index (χ1n) is 11.3. The van der Waals surface area contributed by atoms with Crippen molar-refractivity contribution in [3.05, 3.63) is 53.3 Å². The molecule has 0 saturated carbocycles. The molecule has 1 aliphatic rings. The molecular formula is C24H24F7N3O5. The number of benzene rings is 2. The lowest BCUT2D eigenvalue weighted by Gasteiger charge is -2.26. The van der Waals surface area contributed by atoms with E-state index in [-0.39, 0.29) is 38.0 Å². The highest BCUT2D eigenvalue weighted by Crippen LogP contribution is 2.47. The number of urea groups is 1. The van der Waals surface area contributed by atoms with E-state index in [0.717, 1.165) is 36.2 Å². The Kier molecular flexibility index (Phi) is 8.36. The largest absolute Gasteiger partial charge is 0.420 e. The molecule has 39 heavy (non-hydrogen) atoms. The molecule has 214 valence electrons. The minimum atomic E-state index is -5.41. The summed E-state index contributed by atoms with van der Waals surface area (Å²) in [7, 11) is 1.10. The summed E-state index contributed by atoms with van der Waals surface area (Å²) in [6.07, 6.45) is -12.1. The summed E-state index contributed by atoms with van der Waals surface area (Å²) in [6.45, 7) is 1.91. The highest BCUT2D eigenvalue weighted by molar-refractivity contribution is 5.97. The van der Waals surface area contributed by atoms with Gasteiger partial charge in [-0.3, -0.25) is 9.80 Å². The van der Waals surface area contributed by atoms with E-state index in [4.69, 9.17) is 9.47 Å². The monoisotopic (exact) mass is 567 g/mol. The van der Waals surface area contributed by atoms with Gasteiger partial charge in [0.25, 0.3) is 0 Å². The van der Waals surface area contributed by atoms with Gasteiger partial charge in [-0.05, 0) is 50.2 Å². The summed E-state index contributed by atoms with van der Waals surface area (Å²) in [5.74, 6) is -3.50. The molecule has 0 aliphatic carbocycles. The van der Waals surface area contributed by atoms with Crippen LogP contribution >= 0.6 is 0 Å². The number of hydrogen-bond acceptors (Lipinski definition) is 5. The van der Waals surface area contributed by atoms with Crippen LogP contribution in [0.25, 0.3) is 0 Å². The zero-order chi connectivity index (χ0) is 29.3. The fourth-order valence-electron chi connectivity index (χ4n) is 3.64. The molecule has 0 bridgehead atoms. The van der Waals surface area contributed by atoms with Crippen molar-refractivity contribution in [2.45, 2.75) is 32.0 Å². The molecule has 2 aromatic carbocycles. The zero-order valence-electron chi connectivity index (χ0n) is 20.9. The molecule has 8 nitrogen and oxygen atoms in total. The second-order valence-corrected chi connectivity index (χ2v) is 8.99. The number of hydrogen-bond donors (Lipinski definition) is 1. The van der Waals surface area contributed by atoms with Crippen molar-refractivity contribution in [3.63, 3.8) is 0 Å². The molecular weight excluding hydrogens is 543 g/mol. The molecule has 15 heteroatoms. The van der Waals surface area contributed by atoms with Crippen LogP contribution in [0.2, 0.25) is 0 Å². The lowest BCUT2D eigenvalue weighted by Crippen LogP contribution is -2.36. The van der Waals surface area contributed by atoms with Gasteiger partial charge in [0.15, 0.2) is 11.5 Å². The van der Waals surface area contributed by atoms with Crippen LogP contribution in [0.5, 0.6) is 5.75 Å². The molecule has 1 fully saturated rings. The Morgan fingerprint density at radius 2 is 1.64 bits per heavy atom. The van der Waals surface area contributed by atoms with E-state index in [1.165, 1.54) is 13.8 Å². The molecule has 3 rings (SSSR count). The van der Waals surface area contributed by atoms with Crippen molar-refractivity contribution in [1.29, 1.82) is 0 Å². The number of ether oxygens (including phenoxy) is 2. The second-order valence-electron chi connectivity index (χ2n) is 8.99. The minimum absolute atomic E-state index is 0.0126. The van der Waals surface area contributed by atoms with Crippen molar-refractivity contribution >= 4 is 23.5 Å². The van der Waals surface area contributed by atoms with Crippen LogP contribution in [0.15, 0.2) is 36.4 Å². The Hall–Kier alpha value is -3.59. The van der Waals surface area contributed by atoms with Gasteiger partial charge < -0.3 is 19.5 Å². The van der Waals surface area contributed by atoms with Crippen molar-refractivity contribution in [3.8, 4) is 5.75 Å². The van der Waals surface area contributed by atoms with E-state index in [2.05, 4.69) is 0 Å². The Balaban J connectivity index is 2.04. The van der Waals surface area contributed by atoms with E-state index in [0.29, 0.717) is 15.9 Å². The van der Waals surface area contributed by atoms with Crippen molar-refractivity contribution in [2.75, 3.05) is 43.1 Å². The number of alkyl halides is 6. The number of halogens is 7. The van der Waals surface area contributed by atoms with Gasteiger partial charge in [-0.2, -0.15) is 26.3 Å². The third kappa shape index (κ3) is 7.29. The van der Waals surface area contributed by atoms with E-state index in [1.54, 1.807) is 0 Å². The van der Waals surface area contributed by atoms with Gasteiger partial charge >= 0.3 is 24.5 Å². The third-order valence-corrected chi connectivity index (χ3v) is 5.58. The van der Waals surface area contributed by atoms with Gasteiger partial charge in [-0.1, -0.05) is 0 Å². The number of aliphatic hydroxyl groups is 1. The van der Waals surface area contributed by atoms with Crippen LogP contribution in [0.1, 0.15) is 25.0 Å². The fourth-order valence-corrected chi connectivity index (χ4v) is 3.64. The Morgan fingerprint density at radius 3 is 2.18 bits per heavy atom. The van der Waals surface area contributed by atoms with Crippen LogP contribution in [0.3, 0.4) is 0 Å². The third-order valence-electron chi connectivity index (χ3n) is 5.58. The maximum atomic E-state index is 14.0. The van der Waals surface area contributed by atoms with Crippen molar-refractivity contribution < 1.29 is 54.9 Å². The molecule has 0 atom stereocenters. The number of anilines is 2. The molecule has 1 saturated heterocycles. The standard InChI is InChI=1S/C24H24F7N3O5/c1-22(2,37)38-11-10-33-8-9-34(20(33)35)18-13-14(23(26,27)28)12-17(24(29,30)31)19(18)39-21(36)32(3)16-6-4-15(25)5-7-16/h4-7,12-13,37H,8-11H2,1-3H3. The Morgan fingerprint density at radius 1 is 1.03 bits per heavy atom. The summed E-state index contributed by atoms with van der Waals surface area (Å²) in [6, 6.07) is 3.33. The number of carbonyl (C=O) groups is 2. The van der Waals surface area contributed by atoms with Gasteiger partial charge in [0.1, 0.15) is 11.4 Å². The quantitative estimate of drug-likeness (QED) is 0.354. The topological polar surface area (TPSA) is 82.6 Å². The van der Waals surface area contributed by atoms with Crippen LogP contribution in [0.4, 0.5) is 51.7 Å². The van der Waals surface area contributed by atoms with E-state index in [1.807, 2.05) is 0 Å². The van der Waals surface area contributed by atoms with Crippen molar-refractivity contribution in [2.24, 2.45) is 0 Å². The summed E-state index contributed by atoms with van der Waals surface area (Å²) in [5, 5.41) is 9.64.